The maximum absolute atomic E-state index is 10.2. The summed E-state index contributed by atoms with van der Waals surface area (Å²) in [5.74, 6) is -2.13. The number of aliphatic hydroxyl groups excluding tert-OH is 2. The Kier molecular flexibility index (Phi) is 6.63. The maximum Gasteiger partial charge on any atom is 0.303 e. The van der Waals surface area contributed by atoms with Crippen molar-refractivity contribution in [3.8, 4) is 0 Å². The number of hydrogen-bond acceptors (Lipinski definition) is 5. The molecule has 2 atom stereocenters. The summed E-state index contributed by atoms with van der Waals surface area (Å²) >= 11 is 0. The number of aliphatic carboxylic acids is 2. The second-order valence-corrected chi connectivity index (χ2v) is 3.58. The van der Waals surface area contributed by atoms with Gasteiger partial charge in [0.15, 0.2) is 0 Å². The van der Waals surface area contributed by atoms with Crippen LogP contribution in [0.1, 0.15) is 25.7 Å². The molecule has 7 heteroatoms. The highest BCUT2D eigenvalue weighted by Crippen LogP contribution is 2.09. The quantitative estimate of drug-likeness (QED) is 0.354. The highest BCUT2D eigenvalue weighted by atomic mass is 16.4. The van der Waals surface area contributed by atoms with Crippen LogP contribution in [-0.4, -0.2) is 50.6 Å². The van der Waals surface area contributed by atoms with E-state index in [0.717, 1.165) is 0 Å². The van der Waals surface area contributed by atoms with Crippen molar-refractivity contribution < 1.29 is 30.0 Å². The Morgan fingerprint density at radius 1 is 0.938 bits per heavy atom. The first-order valence-electron chi connectivity index (χ1n) is 4.90. The van der Waals surface area contributed by atoms with Crippen molar-refractivity contribution in [2.24, 2.45) is 5.73 Å². The third-order valence-corrected chi connectivity index (χ3v) is 2.20. The van der Waals surface area contributed by atoms with Crippen LogP contribution in [0.15, 0.2) is 0 Å². The van der Waals surface area contributed by atoms with E-state index in [9.17, 15) is 19.8 Å². The average molecular weight is 235 g/mol. The standard InChI is InChI=1S/C9H17NO6/c10-9(5(11)1-3-7(13)14)6(12)2-4-8(15)16/h5-6,9,11-12H,1-4,10H2,(H,13,14)(H,15,16). The first-order chi connectivity index (χ1) is 7.34. The predicted molar refractivity (Wildman–Crippen MR) is 53.7 cm³/mol. The molecule has 0 aliphatic rings. The summed E-state index contributed by atoms with van der Waals surface area (Å²) in [6, 6.07) is -1.03. The van der Waals surface area contributed by atoms with E-state index in [1.807, 2.05) is 0 Å². The molecular formula is C9H17NO6. The van der Waals surface area contributed by atoms with Crippen LogP contribution in [0.2, 0.25) is 0 Å². The number of hydrogen-bond donors (Lipinski definition) is 5. The molecule has 0 aliphatic carbocycles. The third kappa shape index (κ3) is 6.33. The van der Waals surface area contributed by atoms with Crippen LogP contribution in [-0.2, 0) is 9.59 Å². The molecule has 16 heavy (non-hydrogen) atoms. The normalized spacial score (nSPS) is 16.4. The minimum Gasteiger partial charge on any atom is -0.481 e. The van der Waals surface area contributed by atoms with Crippen molar-refractivity contribution in [3.05, 3.63) is 0 Å². The Bertz CT molecular complexity index is 220. The van der Waals surface area contributed by atoms with Gasteiger partial charge in [-0.3, -0.25) is 9.59 Å². The van der Waals surface area contributed by atoms with Gasteiger partial charge >= 0.3 is 11.9 Å². The van der Waals surface area contributed by atoms with E-state index in [0.29, 0.717) is 0 Å². The molecule has 0 saturated carbocycles. The molecule has 0 aromatic rings. The predicted octanol–water partition coefficient (Wildman–Crippen LogP) is -1.23. The van der Waals surface area contributed by atoms with Crippen LogP contribution in [0.3, 0.4) is 0 Å². The van der Waals surface area contributed by atoms with Crippen molar-refractivity contribution in [1.82, 2.24) is 0 Å². The van der Waals surface area contributed by atoms with E-state index in [1.165, 1.54) is 0 Å². The molecule has 0 heterocycles. The first kappa shape index (κ1) is 14.8. The number of carboxylic acid groups (broad SMARTS) is 2. The summed E-state index contributed by atoms with van der Waals surface area (Å²) in [5, 5.41) is 35.5. The molecule has 0 amide bonds. The molecule has 0 aliphatic heterocycles. The van der Waals surface area contributed by atoms with E-state index in [2.05, 4.69) is 0 Å². The van der Waals surface area contributed by atoms with Crippen molar-refractivity contribution in [1.29, 1.82) is 0 Å². The molecule has 0 saturated heterocycles. The first-order valence-corrected chi connectivity index (χ1v) is 4.90. The lowest BCUT2D eigenvalue weighted by Gasteiger charge is -2.23. The maximum atomic E-state index is 10.2. The summed E-state index contributed by atoms with van der Waals surface area (Å²) in [6.07, 6.45) is -2.94. The SMILES string of the molecule is NC(C(O)CCC(=O)O)C(O)CCC(=O)O. The van der Waals surface area contributed by atoms with Gasteiger partial charge in [0.1, 0.15) is 0 Å². The molecule has 7 nitrogen and oxygen atoms in total. The van der Waals surface area contributed by atoms with Gasteiger partial charge in [0.25, 0.3) is 0 Å². The zero-order valence-corrected chi connectivity index (χ0v) is 8.74. The summed E-state index contributed by atoms with van der Waals surface area (Å²) in [7, 11) is 0. The van der Waals surface area contributed by atoms with E-state index in [1.54, 1.807) is 0 Å². The molecule has 2 unspecified atom stereocenters. The van der Waals surface area contributed by atoms with Crippen LogP contribution in [0, 0.1) is 0 Å². The second-order valence-electron chi connectivity index (χ2n) is 3.58. The average Bonchev–Trinajstić information content (AvgIpc) is 2.21. The lowest BCUT2D eigenvalue weighted by molar-refractivity contribution is -0.138. The van der Waals surface area contributed by atoms with Gasteiger partial charge in [-0.2, -0.15) is 0 Å². The van der Waals surface area contributed by atoms with Crippen molar-refractivity contribution in [2.75, 3.05) is 0 Å². The Hall–Kier alpha value is -1.18. The monoisotopic (exact) mass is 235 g/mol. The van der Waals surface area contributed by atoms with Gasteiger partial charge < -0.3 is 26.2 Å². The zero-order chi connectivity index (χ0) is 12.7. The summed E-state index contributed by atoms with van der Waals surface area (Å²) in [6.45, 7) is 0. The highest BCUT2D eigenvalue weighted by molar-refractivity contribution is 5.67. The number of aliphatic hydroxyl groups is 2. The van der Waals surface area contributed by atoms with Crippen molar-refractivity contribution in [3.63, 3.8) is 0 Å². The van der Waals surface area contributed by atoms with Gasteiger partial charge in [0, 0.05) is 12.8 Å². The molecule has 94 valence electrons. The van der Waals surface area contributed by atoms with Gasteiger partial charge in [-0.25, -0.2) is 0 Å². The molecule has 6 N–H and O–H groups in total. The largest absolute Gasteiger partial charge is 0.481 e. The Morgan fingerprint density at radius 2 is 1.25 bits per heavy atom. The van der Waals surface area contributed by atoms with Crippen LogP contribution in [0.4, 0.5) is 0 Å². The Morgan fingerprint density at radius 3 is 1.50 bits per heavy atom. The molecule has 0 aromatic carbocycles. The zero-order valence-electron chi connectivity index (χ0n) is 8.74. The molecule has 0 fully saturated rings. The lowest BCUT2D eigenvalue weighted by Crippen LogP contribution is -2.45. The Balaban J connectivity index is 3.95. The van der Waals surface area contributed by atoms with Crippen molar-refractivity contribution >= 4 is 11.9 Å². The Labute approximate surface area is 92.5 Å². The fourth-order valence-corrected chi connectivity index (χ4v) is 1.18. The highest BCUT2D eigenvalue weighted by Gasteiger charge is 2.23. The molecule has 0 aromatic heterocycles. The fourth-order valence-electron chi connectivity index (χ4n) is 1.18. The van der Waals surface area contributed by atoms with E-state index in [-0.39, 0.29) is 25.7 Å². The van der Waals surface area contributed by atoms with Crippen molar-refractivity contribution in [2.45, 2.75) is 43.9 Å². The second kappa shape index (κ2) is 7.15. The number of carbonyl (C=O) groups is 2. The van der Waals surface area contributed by atoms with E-state index < -0.39 is 30.2 Å². The van der Waals surface area contributed by atoms with E-state index in [4.69, 9.17) is 15.9 Å². The molecular weight excluding hydrogens is 218 g/mol. The fraction of sp³-hybridized carbons (Fsp3) is 0.778. The van der Waals surface area contributed by atoms with E-state index >= 15 is 0 Å². The molecule has 0 rings (SSSR count). The molecule has 0 bridgehead atoms. The van der Waals surface area contributed by atoms with Crippen LogP contribution in [0.5, 0.6) is 0 Å². The summed E-state index contributed by atoms with van der Waals surface area (Å²) in [5.41, 5.74) is 5.45. The van der Waals surface area contributed by atoms with Gasteiger partial charge in [-0.15, -0.1) is 0 Å². The summed E-state index contributed by atoms with van der Waals surface area (Å²) < 4.78 is 0. The molecule has 0 radical (unpaired) electrons. The van der Waals surface area contributed by atoms with Gasteiger partial charge in [-0.1, -0.05) is 0 Å². The molecule has 0 spiro atoms. The van der Waals surface area contributed by atoms with Gasteiger partial charge in [0.05, 0.1) is 18.2 Å². The van der Waals surface area contributed by atoms with Gasteiger partial charge in [-0.05, 0) is 12.8 Å². The minimum atomic E-state index is -1.15. The number of carboxylic acids is 2. The van der Waals surface area contributed by atoms with Gasteiger partial charge in [0.2, 0.25) is 0 Å². The number of rotatable bonds is 8. The number of nitrogens with two attached hydrogens (primary N) is 1. The summed E-state index contributed by atoms with van der Waals surface area (Å²) in [4.78, 5) is 20.4. The smallest absolute Gasteiger partial charge is 0.303 e. The lowest BCUT2D eigenvalue weighted by atomic mass is 9.98. The third-order valence-electron chi connectivity index (χ3n) is 2.20. The van der Waals surface area contributed by atoms with Crippen LogP contribution >= 0.6 is 0 Å². The van der Waals surface area contributed by atoms with Crippen LogP contribution in [0.25, 0.3) is 0 Å². The topological polar surface area (TPSA) is 141 Å². The van der Waals surface area contributed by atoms with Crippen LogP contribution < -0.4 is 5.73 Å². The minimum absolute atomic E-state index is 0.0688.